The molecular weight excluding hydrogens is 385 g/mol. The van der Waals surface area contributed by atoms with Crippen LogP contribution in [0.25, 0.3) is 11.4 Å². The van der Waals surface area contributed by atoms with Crippen LogP contribution in [0.2, 0.25) is 0 Å². The topological polar surface area (TPSA) is 109 Å². The molecule has 0 atom stereocenters. The minimum absolute atomic E-state index is 0.0164. The smallest absolute Gasteiger partial charge is 0.334 e. The summed E-state index contributed by atoms with van der Waals surface area (Å²) in [6.45, 7) is 1.88. The van der Waals surface area contributed by atoms with Crippen LogP contribution in [0.5, 0.6) is 0 Å². The lowest BCUT2D eigenvalue weighted by atomic mass is 10.1. The lowest BCUT2D eigenvalue weighted by Crippen LogP contribution is -2.28. The molecule has 0 saturated heterocycles. The minimum Gasteiger partial charge on any atom is -0.334 e. The van der Waals surface area contributed by atoms with Crippen molar-refractivity contribution >= 4 is 11.7 Å². The second kappa shape index (κ2) is 8.31. The number of aromatic nitrogens is 3. The number of amides is 2. The maximum absolute atomic E-state index is 13.0. The van der Waals surface area contributed by atoms with Crippen molar-refractivity contribution in [3.8, 4) is 11.4 Å². The summed E-state index contributed by atoms with van der Waals surface area (Å²) in [6, 6.07) is 9.86. The number of carbonyl (C=O) groups excluding carboxylic acids is 1. The highest BCUT2D eigenvalue weighted by atomic mass is 19.4. The molecular formula is C19H19F3N6O. The summed E-state index contributed by atoms with van der Waals surface area (Å²) < 4.78 is 39.0. The van der Waals surface area contributed by atoms with Crippen LogP contribution >= 0.6 is 0 Å². The molecule has 1 aromatic heterocycles. The summed E-state index contributed by atoms with van der Waals surface area (Å²) in [6.07, 6.45) is -4.53. The summed E-state index contributed by atoms with van der Waals surface area (Å²) >= 11 is 0. The van der Waals surface area contributed by atoms with Gasteiger partial charge in [-0.15, -0.1) is 0 Å². The second-order valence-electron chi connectivity index (χ2n) is 6.37. The number of benzene rings is 2. The van der Waals surface area contributed by atoms with Gasteiger partial charge in [0.1, 0.15) is 5.82 Å². The highest BCUT2D eigenvalue weighted by Crippen LogP contribution is 2.32. The van der Waals surface area contributed by atoms with E-state index in [9.17, 15) is 18.0 Å². The van der Waals surface area contributed by atoms with Gasteiger partial charge in [0.25, 0.3) is 0 Å². The molecule has 3 aromatic rings. The van der Waals surface area contributed by atoms with Crippen LogP contribution < -0.4 is 16.4 Å². The third kappa shape index (κ3) is 5.32. The number of halogens is 3. The highest BCUT2D eigenvalue weighted by molar-refractivity contribution is 5.89. The molecule has 10 heteroatoms. The van der Waals surface area contributed by atoms with Crippen LogP contribution in [0.3, 0.4) is 0 Å². The van der Waals surface area contributed by atoms with Crippen LogP contribution in [-0.2, 0) is 19.3 Å². The van der Waals surface area contributed by atoms with Crippen molar-refractivity contribution in [2.45, 2.75) is 26.2 Å². The SMILES string of the molecule is Cc1nc(-c2cccc(CNC(=O)Nc3cc(CN)cc(C(F)(F)F)c3)c2)n[nH]1. The van der Waals surface area contributed by atoms with Crippen molar-refractivity contribution < 1.29 is 18.0 Å². The Hall–Kier alpha value is -3.40. The summed E-state index contributed by atoms with van der Waals surface area (Å²) in [7, 11) is 0. The highest BCUT2D eigenvalue weighted by Gasteiger charge is 2.31. The number of anilines is 1. The van der Waals surface area contributed by atoms with E-state index in [0.29, 0.717) is 11.6 Å². The molecule has 29 heavy (non-hydrogen) atoms. The summed E-state index contributed by atoms with van der Waals surface area (Å²) in [5, 5.41) is 11.9. The molecule has 7 nitrogen and oxygen atoms in total. The fourth-order valence-corrected chi connectivity index (χ4v) is 2.70. The van der Waals surface area contributed by atoms with Crippen molar-refractivity contribution in [3.63, 3.8) is 0 Å². The van der Waals surface area contributed by atoms with Crippen LogP contribution in [0.15, 0.2) is 42.5 Å². The fourth-order valence-electron chi connectivity index (χ4n) is 2.70. The van der Waals surface area contributed by atoms with Gasteiger partial charge < -0.3 is 16.4 Å². The Morgan fingerprint density at radius 3 is 2.62 bits per heavy atom. The molecule has 0 saturated carbocycles. The van der Waals surface area contributed by atoms with Crippen molar-refractivity contribution in [3.05, 3.63) is 65.0 Å². The Bertz CT molecular complexity index is 1020. The predicted octanol–water partition coefficient (Wildman–Crippen LogP) is 3.58. The number of aryl methyl sites for hydroxylation is 1. The van der Waals surface area contributed by atoms with Gasteiger partial charge in [-0.3, -0.25) is 5.10 Å². The monoisotopic (exact) mass is 404 g/mol. The third-order valence-electron chi connectivity index (χ3n) is 4.05. The number of hydrogen-bond acceptors (Lipinski definition) is 4. The normalized spacial score (nSPS) is 11.3. The number of aromatic amines is 1. The Morgan fingerprint density at radius 2 is 1.97 bits per heavy atom. The quantitative estimate of drug-likeness (QED) is 0.521. The molecule has 0 bridgehead atoms. The minimum atomic E-state index is -4.53. The zero-order valence-corrected chi connectivity index (χ0v) is 15.5. The van der Waals surface area contributed by atoms with Crippen molar-refractivity contribution in [1.29, 1.82) is 0 Å². The van der Waals surface area contributed by atoms with Gasteiger partial charge in [-0.05, 0) is 42.3 Å². The first kappa shape index (κ1) is 20.3. The lowest BCUT2D eigenvalue weighted by molar-refractivity contribution is -0.137. The number of nitrogens with zero attached hydrogens (tertiary/aromatic N) is 2. The van der Waals surface area contributed by atoms with E-state index in [-0.39, 0.29) is 24.3 Å². The van der Waals surface area contributed by atoms with Crippen LogP contribution in [-0.4, -0.2) is 21.2 Å². The summed E-state index contributed by atoms with van der Waals surface area (Å²) in [4.78, 5) is 16.4. The molecule has 0 fully saturated rings. The average molecular weight is 404 g/mol. The molecule has 0 aliphatic carbocycles. The van der Waals surface area contributed by atoms with Gasteiger partial charge in [0.2, 0.25) is 0 Å². The maximum atomic E-state index is 13.0. The van der Waals surface area contributed by atoms with Gasteiger partial charge in [-0.25, -0.2) is 9.78 Å². The van der Waals surface area contributed by atoms with E-state index in [1.807, 2.05) is 12.1 Å². The lowest BCUT2D eigenvalue weighted by Gasteiger charge is -2.13. The molecule has 0 radical (unpaired) electrons. The van der Waals surface area contributed by atoms with E-state index >= 15 is 0 Å². The molecule has 1 heterocycles. The predicted molar refractivity (Wildman–Crippen MR) is 102 cm³/mol. The number of nitrogens with one attached hydrogen (secondary N) is 3. The molecule has 2 aromatic carbocycles. The zero-order chi connectivity index (χ0) is 21.0. The van der Waals surface area contributed by atoms with Crippen molar-refractivity contribution in [2.24, 2.45) is 5.73 Å². The van der Waals surface area contributed by atoms with E-state index in [1.54, 1.807) is 19.1 Å². The molecule has 0 aliphatic heterocycles. The molecule has 0 unspecified atom stereocenters. The molecule has 3 rings (SSSR count). The molecule has 152 valence electrons. The second-order valence-corrected chi connectivity index (χ2v) is 6.37. The zero-order valence-electron chi connectivity index (χ0n) is 15.5. The number of hydrogen-bond donors (Lipinski definition) is 4. The first-order valence-corrected chi connectivity index (χ1v) is 8.69. The number of urea groups is 1. The van der Waals surface area contributed by atoms with Crippen LogP contribution in [0.1, 0.15) is 22.5 Å². The molecule has 0 aliphatic rings. The van der Waals surface area contributed by atoms with Gasteiger partial charge in [0.15, 0.2) is 5.82 Å². The summed E-state index contributed by atoms with van der Waals surface area (Å²) in [5.41, 5.74) is 6.43. The Labute approximate surface area is 164 Å². The molecule has 5 N–H and O–H groups in total. The van der Waals surface area contributed by atoms with Gasteiger partial charge in [-0.2, -0.15) is 18.3 Å². The number of carbonyl (C=O) groups is 1. The van der Waals surface area contributed by atoms with Crippen LogP contribution in [0, 0.1) is 6.92 Å². The first-order valence-electron chi connectivity index (χ1n) is 8.69. The van der Waals surface area contributed by atoms with Gasteiger partial charge in [0.05, 0.1) is 5.56 Å². The van der Waals surface area contributed by atoms with E-state index in [0.717, 1.165) is 23.3 Å². The third-order valence-corrected chi connectivity index (χ3v) is 4.05. The van der Waals surface area contributed by atoms with Gasteiger partial charge >= 0.3 is 12.2 Å². The van der Waals surface area contributed by atoms with E-state index < -0.39 is 17.8 Å². The number of nitrogens with two attached hydrogens (primary N) is 1. The average Bonchev–Trinajstić information content (AvgIpc) is 3.12. The molecule has 2 amide bonds. The van der Waals surface area contributed by atoms with Gasteiger partial charge in [-0.1, -0.05) is 18.2 Å². The van der Waals surface area contributed by atoms with E-state index in [1.165, 1.54) is 6.07 Å². The standard InChI is InChI=1S/C19H19F3N6O/c1-11-25-17(28-27-11)14-4-2-3-12(5-14)10-24-18(29)26-16-7-13(9-23)6-15(8-16)19(20,21)22/h2-8H,9-10,23H2,1H3,(H2,24,26,29)(H,25,27,28). The van der Waals surface area contributed by atoms with Crippen molar-refractivity contribution in [1.82, 2.24) is 20.5 Å². The van der Waals surface area contributed by atoms with Gasteiger partial charge in [0, 0.05) is 24.3 Å². The van der Waals surface area contributed by atoms with Crippen molar-refractivity contribution in [2.75, 3.05) is 5.32 Å². The van der Waals surface area contributed by atoms with Crippen LogP contribution in [0.4, 0.5) is 23.7 Å². The largest absolute Gasteiger partial charge is 0.416 e. The van der Waals surface area contributed by atoms with E-state index in [2.05, 4.69) is 25.8 Å². The Balaban J connectivity index is 1.66. The maximum Gasteiger partial charge on any atom is 0.416 e. The first-order chi connectivity index (χ1) is 13.7. The Morgan fingerprint density at radius 1 is 1.17 bits per heavy atom. The number of alkyl halides is 3. The summed E-state index contributed by atoms with van der Waals surface area (Å²) in [5.74, 6) is 1.22. The molecule has 0 spiro atoms. The van der Waals surface area contributed by atoms with E-state index in [4.69, 9.17) is 5.73 Å². The number of rotatable bonds is 5. The Kier molecular flexibility index (Phi) is 5.83. The number of H-pyrrole nitrogens is 1. The fraction of sp³-hybridized carbons (Fsp3) is 0.211.